The smallest absolute Gasteiger partial charge is 0.257 e. The number of hydrogen-bond donors (Lipinski definition) is 1. The van der Waals surface area contributed by atoms with Gasteiger partial charge in [-0.15, -0.1) is 0 Å². The van der Waals surface area contributed by atoms with E-state index in [1.54, 1.807) is 17.3 Å². The van der Waals surface area contributed by atoms with Crippen LogP contribution in [0.15, 0.2) is 42.7 Å². The molecule has 1 aromatic heterocycles. The van der Waals surface area contributed by atoms with Crippen LogP contribution < -0.4 is 15.0 Å². The number of aromatic nitrogens is 1. The lowest BCUT2D eigenvalue weighted by atomic mass is 10.2. The van der Waals surface area contributed by atoms with E-state index in [0.29, 0.717) is 30.1 Å². The monoisotopic (exact) mass is 368 g/mol. The Kier molecular flexibility index (Phi) is 5.90. The molecule has 7 nitrogen and oxygen atoms in total. The zero-order valence-corrected chi connectivity index (χ0v) is 15.6. The molecule has 0 radical (unpaired) electrons. The third-order valence-electron chi connectivity index (χ3n) is 4.31. The van der Waals surface area contributed by atoms with E-state index in [9.17, 15) is 9.59 Å². The Morgan fingerprint density at radius 3 is 2.63 bits per heavy atom. The van der Waals surface area contributed by atoms with Gasteiger partial charge in [0.25, 0.3) is 5.91 Å². The van der Waals surface area contributed by atoms with Gasteiger partial charge in [0, 0.05) is 32.4 Å². The molecule has 1 aromatic carbocycles. The third-order valence-corrected chi connectivity index (χ3v) is 4.31. The molecule has 3 rings (SSSR count). The molecule has 2 aromatic rings. The van der Waals surface area contributed by atoms with Crippen molar-refractivity contribution in [1.82, 2.24) is 9.88 Å². The Hall–Kier alpha value is -3.09. The van der Waals surface area contributed by atoms with Crippen LogP contribution in [0.1, 0.15) is 24.2 Å². The summed E-state index contributed by atoms with van der Waals surface area (Å²) in [5.41, 5.74) is 1.98. The van der Waals surface area contributed by atoms with Crippen molar-refractivity contribution in [2.45, 2.75) is 20.0 Å². The van der Waals surface area contributed by atoms with Crippen molar-refractivity contribution in [3.05, 3.63) is 48.3 Å². The molecule has 2 amide bonds. The number of carbonyl (C=O) groups excluding carboxylic acids is 2. The maximum absolute atomic E-state index is 12.7. The number of rotatable bonds is 6. The summed E-state index contributed by atoms with van der Waals surface area (Å²) in [5.74, 6) is 0.394. The highest BCUT2D eigenvalue weighted by Crippen LogP contribution is 2.26. The summed E-state index contributed by atoms with van der Waals surface area (Å²) in [5, 5.41) is 2.90. The van der Waals surface area contributed by atoms with Crippen LogP contribution in [0, 0.1) is 0 Å². The number of amides is 2. The summed E-state index contributed by atoms with van der Waals surface area (Å²) >= 11 is 0. The molecule has 0 aliphatic carbocycles. The minimum atomic E-state index is -0.240. The maximum Gasteiger partial charge on any atom is 0.257 e. The quantitative estimate of drug-likeness (QED) is 0.793. The van der Waals surface area contributed by atoms with E-state index in [2.05, 4.69) is 15.2 Å². The van der Waals surface area contributed by atoms with Gasteiger partial charge in [0.2, 0.25) is 6.41 Å². The highest BCUT2D eigenvalue weighted by molar-refractivity contribution is 6.05. The summed E-state index contributed by atoms with van der Waals surface area (Å²) in [4.78, 5) is 31.6. The summed E-state index contributed by atoms with van der Waals surface area (Å²) < 4.78 is 5.75. The molecule has 0 atom stereocenters. The molecule has 27 heavy (non-hydrogen) atoms. The van der Waals surface area contributed by atoms with Crippen LogP contribution in [0.2, 0.25) is 0 Å². The van der Waals surface area contributed by atoms with Gasteiger partial charge < -0.3 is 19.9 Å². The van der Waals surface area contributed by atoms with E-state index in [1.807, 2.05) is 44.2 Å². The Labute approximate surface area is 158 Å². The molecule has 1 N–H and O–H groups in total. The topological polar surface area (TPSA) is 74.8 Å². The van der Waals surface area contributed by atoms with Crippen LogP contribution in [-0.2, 0) is 4.79 Å². The van der Waals surface area contributed by atoms with Crippen molar-refractivity contribution in [3.63, 3.8) is 0 Å². The van der Waals surface area contributed by atoms with Crippen LogP contribution >= 0.6 is 0 Å². The van der Waals surface area contributed by atoms with Crippen molar-refractivity contribution >= 4 is 23.7 Å². The molecular weight excluding hydrogens is 344 g/mol. The van der Waals surface area contributed by atoms with E-state index >= 15 is 0 Å². The molecule has 1 aliphatic rings. The zero-order chi connectivity index (χ0) is 19.2. The largest absolute Gasteiger partial charge is 0.489 e. The average Bonchev–Trinajstić information content (AvgIpc) is 2.69. The second-order valence-corrected chi connectivity index (χ2v) is 6.68. The SMILES string of the molecule is CC(C)Oc1ccccc1NC(=O)c1cncc(N2CCN(C=O)CC2)c1. The predicted octanol–water partition coefficient (Wildman–Crippen LogP) is 2.40. The van der Waals surface area contributed by atoms with Crippen molar-refractivity contribution in [2.24, 2.45) is 0 Å². The number of ether oxygens (including phenoxy) is 1. The Morgan fingerprint density at radius 1 is 1.19 bits per heavy atom. The second kappa shape index (κ2) is 8.53. The number of hydrogen-bond acceptors (Lipinski definition) is 5. The fourth-order valence-electron chi connectivity index (χ4n) is 2.93. The second-order valence-electron chi connectivity index (χ2n) is 6.68. The first-order valence-corrected chi connectivity index (χ1v) is 9.03. The van der Waals surface area contributed by atoms with Crippen LogP contribution in [0.5, 0.6) is 5.75 Å². The summed E-state index contributed by atoms with van der Waals surface area (Å²) in [6.07, 6.45) is 4.17. The molecule has 2 heterocycles. The van der Waals surface area contributed by atoms with Crippen LogP contribution in [0.25, 0.3) is 0 Å². The van der Waals surface area contributed by atoms with Gasteiger partial charge in [0.05, 0.1) is 29.2 Å². The number of para-hydroxylation sites is 2. The van der Waals surface area contributed by atoms with Crippen molar-refractivity contribution in [3.8, 4) is 5.75 Å². The lowest BCUT2D eigenvalue weighted by molar-refractivity contribution is -0.118. The number of piperazine rings is 1. The maximum atomic E-state index is 12.7. The molecular formula is C20H24N4O3. The first-order chi connectivity index (χ1) is 13.1. The minimum Gasteiger partial charge on any atom is -0.489 e. The van der Waals surface area contributed by atoms with Gasteiger partial charge in [-0.3, -0.25) is 14.6 Å². The number of pyridine rings is 1. The molecule has 1 fully saturated rings. The molecule has 0 spiro atoms. The fraction of sp³-hybridized carbons (Fsp3) is 0.350. The molecule has 1 saturated heterocycles. The lowest BCUT2D eigenvalue weighted by Gasteiger charge is -2.34. The van der Waals surface area contributed by atoms with Crippen LogP contribution in [-0.4, -0.2) is 54.5 Å². The number of nitrogens with zero attached hydrogens (tertiary/aromatic N) is 3. The molecule has 0 unspecified atom stereocenters. The average molecular weight is 368 g/mol. The molecule has 1 aliphatic heterocycles. The molecule has 7 heteroatoms. The van der Waals surface area contributed by atoms with E-state index in [-0.39, 0.29) is 12.0 Å². The standard InChI is InChI=1S/C20H24N4O3/c1-15(2)27-19-6-4-3-5-18(19)22-20(26)16-11-17(13-21-12-16)24-9-7-23(14-25)8-10-24/h3-6,11-15H,7-10H2,1-2H3,(H,22,26). The van der Waals surface area contributed by atoms with Crippen LogP contribution in [0.4, 0.5) is 11.4 Å². The minimum absolute atomic E-state index is 0.0121. The van der Waals surface area contributed by atoms with Gasteiger partial charge in [0.15, 0.2) is 0 Å². The summed E-state index contributed by atoms with van der Waals surface area (Å²) in [6, 6.07) is 9.19. The normalized spacial score (nSPS) is 14.2. The first-order valence-electron chi connectivity index (χ1n) is 9.03. The Balaban J connectivity index is 1.72. The lowest BCUT2D eigenvalue weighted by Crippen LogP contribution is -2.45. The highest BCUT2D eigenvalue weighted by Gasteiger charge is 2.18. The Morgan fingerprint density at radius 2 is 1.93 bits per heavy atom. The molecule has 0 saturated carbocycles. The van der Waals surface area contributed by atoms with Gasteiger partial charge in [0.1, 0.15) is 5.75 Å². The van der Waals surface area contributed by atoms with Gasteiger partial charge in [-0.2, -0.15) is 0 Å². The summed E-state index contributed by atoms with van der Waals surface area (Å²) in [6.45, 7) is 6.65. The predicted molar refractivity (Wildman–Crippen MR) is 104 cm³/mol. The number of benzene rings is 1. The van der Waals surface area contributed by atoms with E-state index in [4.69, 9.17) is 4.74 Å². The van der Waals surface area contributed by atoms with Gasteiger partial charge >= 0.3 is 0 Å². The molecule has 0 bridgehead atoms. The fourth-order valence-corrected chi connectivity index (χ4v) is 2.93. The number of carbonyl (C=O) groups is 2. The Bertz CT molecular complexity index is 801. The zero-order valence-electron chi connectivity index (χ0n) is 15.6. The van der Waals surface area contributed by atoms with Gasteiger partial charge in [-0.25, -0.2) is 0 Å². The molecule has 142 valence electrons. The number of anilines is 2. The van der Waals surface area contributed by atoms with Gasteiger partial charge in [-0.05, 0) is 32.0 Å². The third kappa shape index (κ3) is 4.75. The van der Waals surface area contributed by atoms with Crippen LogP contribution in [0.3, 0.4) is 0 Å². The van der Waals surface area contributed by atoms with E-state index < -0.39 is 0 Å². The van der Waals surface area contributed by atoms with Crippen molar-refractivity contribution in [1.29, 1.82) is 0 Å². The summed E-state index contributed by atoms with van der Waals surface area (Å²) in [7, 11) is 0. The van der Waals surface area contributed by atoms with Crippen molar-refractivity contribution < 1.29 is 14.3 Å². The number of nitrogens with one attached hydrogen (secondary N) is 1. The van der Waals surface area contributed by atoms with Gasteiger partial charge in [-0.1, -0.05) is 12.1 Å². The van der Waals surface area contributed by atoms with E-state index in [1.165, 1.54) is 0 Å². The first kappa shape index (κ1) is 18.7. The van der Waals surface area contributed by atoms with E-state index in [0.717, 1.165) is 25.2 Å². The highest BCUT2D eigenvalue weighted by atomic mass is 16.5. The van der Waals surface area contributed by atoms with Crippen molar-refractivity contribution in [2.75, 3.05) is 36.4 Å².